The standard InChI is InChI=1S/C5H6N.W/c1-3-5-6-4-2;/h1,3,5H,2H3;/q-1;/b5-3-;. The van der Waals surface area contributed by atoms with E-state index in [9.17, 15) is 0 Å². The van der Waals surface area contributed by atoms with Gasteiger partial charge < -0.3 is 0 Å². The zero-order valence-electron chi connectivity index (χ0n) is 4.09. The number of rotatable bonds is 2. The Balaban J connectivity index is 3.27. The molecule has 0 fully saturated rings. The molecule has 1 nitrogen and oxygen atoms in total. The molecule has 0 spiro atoms. The van der Waals surface area contributed by atoms with E-state index in [1.807, 2.05) is 10.5 Å². The second-order valence-corrected chi connectivity index (χ2v) is 1.81. The van der Waals surface area contributed by atoms with Gasteiger partial charge in [0.05, 0.1) is 0 Å². The zero-order chi connectivity index (χ0) is 5.54. The van der Waals surface area contributed by atoms with Crippen molar-refractivity contribution in [2.45, 2.75) is 6.92 Å². The van der Waals surface area contributed by atoms with Crippen LogP contribution >= 0.6 is 0 Å². The fourth-order valence-corrected chi connectivity index (χ4v) is 0.405. The molecule has 0 amide bonds. The molecule has 0 rings (SSSR count). The Hall–Kier alpha value is -0.0317. The zero-order valence-corrected chi connectivity index (χ0v) is 7.02. The van der Waals surface area contributed by atoms with Crippen molar-refractivity contribution >= 4 is 10.6 Å². The van der Waals surface area contributed by atoms with E-state index >= 15 is 0 Å². The summed E-state index contributed by atoms with van der Waals surface area (Å²) >= 11 is 1.44. The summed E-state index contributed by atoms with van der Waals surface area (Å²) in [6, 6.07) is 0. The monoisotopic (exact) mass is 264 g/mol. The molecule has 0 N–H and O–H groups in total. The van der Waals surface area contributed by atoms with E-state index in [4.69, 9.17) is 0 Å². The average molecular weight is 264 g/mol. The van der Waals surface area contributed by atoms with Crippen molar-refractivity contribution in [2.24, 2.45) is 4.99 Å². The van der Waals surface area contributed by atoms with Crippen molar-refractivity contribution in [3.63, 3.8) is 0 Å². The van der Waals surface area contributed by atoms with Crippen LogP contribution in [0.1, 0.15) is 6.92 Å². The van der Waals surface area contributed by atoms with Gasteiger partial charge in [-0.15, -0.1) is 0 Å². The Morgan fingerprint density at radius 1 is 1.71 bits per heavy atom. The second kappa shape index (κ2) is 5.97. The van der Waals surface area contributed by atoms with Crippen LogP contribution in [0, 0.1) is 0 Å². The fraction of sp³-hybridized carbons (Fsp3) is 0.200. The van der Waals surface area contributed by atoms with Crippen LogP contribution in [0.3, 0.4) is 0 Å². The molecular weight excluding hydrogens is 258 g/mol. The molecule has 0 atom stereocenters. The summed E-state index contributed by atoms with van der Waals surface area (Å²) in [7, 11) is 0. The van der Waals surface area contributed by atoms with Crippen LogP contribution < -0.4 is 0 Å². The molecule has 0 aliphatic rings. The Morgan fingerprint density at radius 3 is 2.86 bits per heavy atom. The molecule has 7 heavy (non-hydrogen) atoms. The van der Waals surface area contributed by atoms with E-state index in [2.05, 4.69) is 11.2 Å². The van der Waals surface area contributed by atoms with Crippen LogP contribution in [0.2, 0.25) is 0 Å². The molecule has 2 heteroatoms. The molecule has 0 aliphatic heterocycles. The third kappa shape index (κ3) is 5.97. The van der Waals surface area contributed by atoms with E-state index in [-0.39, 0.29) is 0 Å². The van der Waals surface area contributed by atoms with Gasteiger partial charge in [0.25, 0.3) is 0 Å². The molecule has 0 heterocycles. The van der Waals surface area contributed by atoms with Crippen LogP contribution in [0.25, 0.3) is 0 Å². The third-order valence-corrected chi connectivity index (χ3v) is 0.933. The van der Waals surface area contributed by atoms with Crippen molar-refractivity contribution in [3.05, 3.63) is 12.3 Å². The third-order valence-electron chi connectivity index (χ3n) is 0.368. The van der Waals surface area contributed by atoms with E-state index in [1.165, 1.54) is 19.4 Å². The van der Waals surface area contributed by atoms with E-state index in [0.717, 1.165) is 0 Å². The number of aliphatic imine (C=N–C) groups is 1. The van der Waals surface area contributed by atoms with E-state index in [0.29, 0.717) is 0 Å². The molecule has 0 bridgehead atoms. The molecule has 0 radical (unpaired) electrons. The van der Waals surface area contributed by atoms with Gasteiger partial charge in [0.15, 0.2) is 0 Å². The number of hydrogen-bond donors (Lipinski definition) is 0. The van der Waals surface area contributed by atoms with Gasteiger partial charge in [0.1, 0.15) is 0 Å². The van der Waals surface area contributed by atoms with Gasteiger partial charge in [-0.05, 0) is 0 Å². The van der Waals surface area contributed by atoms with Crippen LogP contribution in [-0.2, 0) is 19.4 Å². The van der Waals surface area contributed by atoms with Crippen LogP contribution in [0.4, 0.5) is 0 Å². The fourth-order valence-electron chi connectivity index (χ4n) is 0.153. The van der Waals surface area contributed by atoms with Gasteiger partial charge in [-0.25, -0.2) is 0 Å². The van der Waals surface area contributed by atoms with Crippen molar-refractivity contribution in [3.8, 4) is 0 Å². The predicted molar refractivity (Wildman–Crippen MR) is 28.3 cm³/mol. The molecule has 0 aromatic carbocycles. The van der Waals surface area contributed by atoms with Crippen molar-refractivity contribution < 1.29 is 19.4 Å². The molecule has 0 unspecified atom stereocenters. The second-order valence-electron chi connectivity index (χ2n) is 0.830. The minimum absolute atomic E-state index is 1.44. The molecule has 38 valence electrons. The maximum absolute atomic E-state index is 3.71. The summed E-state index contributed by atoms with van der Waals surface area (Å²) in [6.07, 6.45) is 6.24. The Labute approximate surface area is 54.6 Å². The van der Waals surface area contributed by atoms with Gasteiger partial charge in [0, 0.05) is 0 Å². The summed E-state index contributed by atoms with van der Waals surface area (Å²) in [5.41, 5.74) is 0. The topological polar surface area (TPSA) is 12.4 Å². The van der Waals surface area contributed by atoms with Gasteiger partial charge in [0.2, 0.25) is 0 Å². The summed E-state index contributed by atoms with van der Waals surface area (Å²) in [5, 5.41) is 0. The Bertz CT molecular complexity index is 94.3. The average Bonchev–Trinajstić information content (AvgIpc) is 1.69. The number of nitrogens with zero attached hydrogens (tertiary/aromatic N) is 1. The summed E-state index contributed by atoms with van der Waals surface area (Å²) in [5.74, 6) is 0. The SMILES string of the molecule is C[C-]=N/C=C\[CH]=[W]. The van der Waals surface area contributed by atoms with E-state index < -0.39 is 0 Å². The van der Waals surface area contributed by atoms with Crippen molar-refractivity contribution in [1.82, 2.24) is 0 Å². The van der Waals surface area contributed by atoms with E-state index in [1.54, 1.807) is 13.1 Å². The molecule has 0 aromatic rings. The molecule has 0 saturated heterocycles. The number of allylic oxidation sites excluding steroid dienone is 1. The van der Waals surface area contributed by atoms with Crippen molar-refractivity contribution in [1.29, 1.82) is 0 Å². The molecule has 0 aliphatic carbocycles. The Kier molecular flexibility index (Phi) is 5.94. The first-order chi connectivity index (χ1) is 3.41. The summed E-state index contributed by atoms with van der Waals surface area (Å²) in [4.78, 5) is 3.71. The van der Waals surface area contributed by atoms with Gasteiger partial charge in [-0.3, -0.25) is 0 Å². The Morgan fingerprint density at radius 2 is 2.43 bits per heavy atom. The van der Waals surface area contributed by atoms with Crippen LogP contribution in [-0.4, -0.2) is 10.6 Å². The maximum atomic E-state index is 3.71. The molecular formula is C5H6NW-. The molecule has 0 aromatic heterocycles. The van der Waals surface area contributed by atoms with Gasteiger partial charge >= 0.3 is 54.2 Å². The number of hydrogen-bond acceptors (Lipinski definition) is 1. The van der Waals surface area contributed by atoms with Crippen LogP contribution in [0.5, 0.6) is 0 Å². The van der Waals surface area contributed by atoms with Crippen molar-refractivity contribution in [2.75, 3.05) is 0 Å². The first-order valence-electron chi connectivity index (χ1n) is 1.88. The molecule has 0 saturated carbocycles. The van der Waals surface area contributed by atoms with Crippen LogP contribution in [0.15, 0.2) is 17.3 Å². The predicted octanol–water partition coefficient (Wildman–Crippen LogP) is 0.817. The van der Waals surface area contributed by atoms with Gasteiger partial charge in [-0.1, -0.05) is 0 Å². The summed E-state index contributed by atoms with van der Waals surface area (Å²) < 4.78 is 2.00. The normalized spacial score (nSPS) is 11.0. The summed E-state index contributed by atoms with van der Waals surface area (Å²) in [6.45, 7) is 1.77. The van der Waals surface area contributed by atoms with Gasteiger partial charge in [-0.2, -0.15) is 0 Å². The minimum atomic E-state index is 1.44. The first-order valence-corrected chi connectivity index (χ1v) is 3.58. The first kappa shape index (κ1) is 6.97. The quantitative estimate of drug-likeness (QED) is 0.517.